The SMILES string of the molecule is N[As](=O)(O)c1ccccc1. The molecule has 3 nitrogen and oxygen atoms in total. The molecule has 1 unspecified atom stereocenters. The van der Waals surface area contributed by atoms with E-state index in [1.54, 1.807) is 30.3 Å². The van der Waals surface area contributed by atoms with Gasteiger partial charge in [0, 0.05) is 0 Å². The molecule has 1 rings (SSSR count). The minimum atomic E-state index is -4.10. The molecule has 0 aliphatic carbocycles. The van der Waals surface area contributed by atoms with Crippen LogP contribution < -0.4 is 9.00 Å². The van der Waals surface area contributed by atoms with Crippen LogP contribution in [0.4, 0.5) is 0 Å². The van der Waals surface area contributed by atoms with E-state index in [9.17, 15) is 3.74 Å². The zero-order valence-electron chi connectivity index (χ0n) is 5.27. The Hall–Kier alpha value is -0.502. The van der Waals surface area contributed by atoms with Crippen LogP contribution in [0.15, 0.2) is 30.3 Å². The van der Waals surface area contributed by atoms with E-state index >= 15 is 0 Å². The number of hydrogen-bond donors (Lipinski definition) is 2. The molecule has 0 bridgehead atoms. The fourth-order valence-corrected chi connectivity index (χ4v) is 1.90. The van der Waals surface area contributed by atoms with Crippen LogP contribution in [-0.2, 0) is 3.74 Å². The van der Waals surface area contributed by atoms with E-state index in [0.717, 1.165) is 0 Å². The minimum absolute atomic E-state index is 0.348. The molecule has 54 valence electrons. The van der Waals surface area contributed by atoms with Crippen LogP contribution in [0.3, 0.4) is 0 Å². The Morgan fingerprint density at radius 1 is 1.30 bits per heavy atom. The first-order valence-corrected chi connectivity index (χ1v) is 6.40. The van der Waals surface area contributed by atoms with Gasteiger partial charge in [0.05, 0.1) is 0 Å². The summed E-state index contributed by atoms with van der Waals surface area (Å²) in [5.41, 5.74) is 0. The van der Waals surface area contributed by atoms with E-state index in [1.807, 2.05) is 0 Å². The Kier molecular flexibility index (Phi) is 1.99. The second-order valence-corrected chi connectivity index (χ2v) is 5.66. The summed E-state index contributed by atoms with van der Waals surface area (Å²) in [4.78, 5) is 0. The number of benzene rings is 1. The molecule has 0 aliphatic rings. The molecule has 0 fully saturated rings. The topological polar surface area (TPSA) is 63.3 Å². The summed E-state index contributed by atoms with van der Waals surface area (Å²) in [6.07, 6.45) is 0. The molecule has 10 heavy (non-hydrogen) atoms. The second-order valence-electron chi connectivity index (χ2n) is 1.96. The average molecular weight is 201 g/mol. The predicted molar refractivity (Wildman–Crippen MR) is 38.9 cm³/mol. The van der Waals surface area contributed by atoms with Crippen molar-refractivity contribution in [3.8, 4) is 0 Å². The zero-order valence-corrected chi connectivity index (χ0v) is 7.14. The first-order valence-electron chi connectivity index (χ1n) is 2.78. The molecule has 4 heteroatoms. The molecule has 0 heterocycles. The summed E-state index contributed by atoms with van der Waals surface area (Å²) >= 11 is -4.10. The Morgan fingerprint density at radius 2 is 1.80 bits per heavy atom. The van der Waals surface area contributed by atoms with Crippen molar-refractivity contribution in [3.05, 3.63) is 30.3 Å². The molecular weight excluding hydrogens is 193 g/mol. The van der Waals surface area contributed by atoms with Crippen molar-refractivity contribution >= 4 is 18.4 Å². The van der Waals surface area contributed by atoms with Crippen molar-refractivity contribution in [2.24, 2.45) is 4.65 Å². The third-order valence-corrected chi connectivity index (χ3v) is 3.30. The first-order chi connectivity index (χ1) is 4.61. The summed E-state index contributed by atoms with van der Waals surface area (Å²) in [6, 6.07) is 8.26. The maximum absolute atomic E-state index is 10.8. The van der Waals surface area contributed by atoms with Gasteiger partial charge in [0.25, 0.3) is 0 Å². The van der Waals surface area contributed by atoms with Gasteiger partial charge in [-0.2, -0.15) is 0 Å². The van der Waals surface area contributed by atoms with Crippen LogP contribution >= 0.6 is 0 Å². The molecule has 0 saturated carbocycles. The molecule has 3 N–H and O–H groups in total. The summed E-state index contributed by atoms with van der Waals surface area (Å²) in [7, 11) is 0. The van der Waals surface area contributed by atoms with E-state index in [-0.39, 0.29) is 0 Å². The monoisotopic (exact) mass is 201 g/mol. The molecule has 1 aromatic carbocycles. The van der Waals surface area contributed by atoms with E-state index in [0.29, 0.717) is 4.35 Å². The van der Waals surface area contributed by atoms with Crippen molar-refractivity contribution < 1.29 is 7.84 Å². The maximum atomic E-state index is 10.8. The molecular formula is C6H8AsNO2. The van der Waals surface area contributed by atoms with Crippen LogP contribution in [0.5, 0.6) is 0 Å². The van der Waals surface area contributed by atoms with E-state index < -0.39 is 14.1 Å². The third kappa shape index (κ3) is 1.74. The number of hydrogen-bond acceptors (Lipinski definition) is 1. The fraction of sp³-hybridized carbons (Fsp3) is 0. The Balaban J connectivity index is 3.09. The van der Waals surface area contributed by atoms with Crippen LogP contribution in [0, 0.1) is 0 Å². The van der Waals surface area contributed by atoms with E-state index in [4.69, 9.17) is 8.75 Å². The van der Waals surface area contributed by atoms with Gasteiger partial charge in [-0.1, -0.05) is 0 Å². The average Bonchev–Trinajstić information content (AvgIpc) is 1.88. The quantitative estimate of drug-likeness (QED) is 0.585. The van der Waals surface area contributed by atoms with E-state index in [2.05, 4.69) is 0 Å². The van der Waals surface area contributed by atoms with Gasteiger partial charge in [0.2, 0.25) is 0 Å². The molecule has 1 atom stereocenters. The summed E-state index contributed by atoms with van der Waals surface area (Å²) in [5, 5.41) is 0. The molecule has 0 spiro atoms. The number of rotatable bonds is 1. The molecule has 0 saturated heterocycles. The van der Waals surface area contributed by atoms with Crippen molar-refractivity contribution in [1.82, 2.24) is 0 Å². The van der Waals surface area contributed by atoms with Crippen LogP contribution in [-0.4, -0.2) is 18.2 Å². The molecule has 0 radical (unpaired) electrons. The van der Waals surface area contributed by atoms with Gasteiger partial charge < -0.3 is 0 Å². The Morgan fingerprint density at radius 3 is 2.10 bits per heavy atom. The van der Waals surface area contributed by atoms with Crippen LogP contribution in [0.1, 0.15) is 0 Å². The van der Waals surface area contributed by atoms with Crippen molar-refractivity contribution in [2.45, 2.75) is 0 Å². The normalized spacial score (nSPS) is 16.2. The predicted octanol–water partition coefficient (Wildman–Crippen LogP) is -0.786. The van der Waals surface area contributed by atoms with Gasteiger partial charge in [-0.15, -0.1) is 0 Å². The first kappa shape index (κ1) is 7.60. The van der Waals surface area contributed by atoms with Crippen LogP contribution in [0.25, 0.3) is 0 Å². The number of nitrogens with two attached hydrogens (primary N) is 1. The fourth-order valence-electron chi connectivity index (χ4n) is 0.642. The molecule has 0 aromatic heterocycles. The van der Waals surface area contributed by atoms with E-state index in [1.165, 1.54) is 0 Å². The summed E-state index contributed by atoms with van der Waals surface area (Å²) in [6.45, 7) is 0. The zero-order chi connectivity index (χ0) is 7.61. The van der Waals surface area contributed by atoms with Gasteiger partial charge in [0.15, 0.2) is 0 Å². The van der Waals surface area contributed by atoms with Crippen LogP contribution in [0.2, 0.25) is 0 Å². The van der Waals surface area contributed by atoms with Gasteiger partial charge in [0.1, 0.15) is 0 Å². The summed E-state index contributed by atoms with van der Waals surface area (Å²) < 4.78 is 25.1. The molecule has 0 amide bonds. The van der Waals surface area contributed by atoms with Gasteiger partial charge in [-0.3, -0.25) is 0 Å². The Labute approximate surface area is 61.7 Å². The Bertz CT molecular complexity index is 254. The second kappa shape index (κ2) is 2.62. The van der Waals surface area contributed by atoms with Crippen molar-refractivity contribution in [2.75, 3.05) is 0 Å². The van der Waals surface area contributed by atoms with Gasteiger partial charge in [-0.05, 0) is 0 Å². The molecule has 1 aromatic rings. The van der Waals surface area contributed by atoms with Gasteiger partial charge in [-0.25, -0.2) is 0 Å². The standard InChI is InChI=1S/C6H8AsNO2/c8-7(9,10)6-4-2-1-3-5-6/h1-5H,(H3,8,9,10). The summed E-state index contributed by atoms with van der Waals surface area (Å²) in [5.74, 6) is 0. The third-order valence-electron chi connectivity index (χ3n) is 1.13. The van der Waals surface area contributed by atoms with Crippen molar-refractivity contribution in [3.63, 3.8) is 0 Å². The van der Waals surface area contributed by atoms with Crippen molar-refractivity contribution in [1.29, 1.82) is 0 Å². The molecule has 0 aliphatic heterocycles. The van der Waals surface area contributed by atoms with Gasteiger partial charge >= 0.3 is 61.2 Å².